The van der Waals surface area contributed by atoms with Crippen LogP contribution >= 0.6 is 11.8 Å². The number of aromatic amines is 1. The number of amides is 1. The maximum absolute atomic E-state index is 12.9. The number of fused-ring (bicyclic) bond motifs is 1. The topological polar surface area (TPSA) is 104 Å². The molecule has 0 aliphatic carbocycles. The molecule has 0 spiro atoms. The van der Waals surface area contributed by atoms with Gasteiger partial charge in [0.25, 0.3) is 5.56 Å². The Bertz CT molecular complexity index is 1160. The van der Waals surface area contributed by atoms with E-state index in [2.05, 4.69) is 15.3 Å². The van der Waals surface area contributed by atoms with Crippen molar-refractivity contribution in [1.29, 1.82) is 0 Å². The van der Waals surface area contributed by atoms with Crippen molar-refractivity contribution in [2.75, 3.05) is 12.4 Å². The summed E-state index contributed by atoms with van der Waals surface area (Å²) in [5, 5.41) is 13.3. The van der Waals surface area contributed by atoms with Crippen LogP contribution in [0.4, 0.5) is 5.82 Å². The number of phenols is 1. The van der Waals surface area contributed by atoms with Crippen LogP contribution in [0, 0.1) is 6.92 Å². The zero-order valence-corrected chi connectivity index (χ0v) is 17.4. The van der Waals surface area contributed by atoms with Gasteiger partial charge in [0, 0.05) is 18.1 Å². The summed E-state index contributed by atoms with van der Waals surface area (Å²) < 4.78 is 5.07. The fourth-order valence-electron chi connectivity index (χ4n) is 3.46. The lowest BCUT2D eigenvalue weighted by Crippen LogP contribution is -2.31. The highest BCUT2D eigenvalue weighted by molar-refractivity contribution is 7.98. The number of ether oxygens (including phenoxy) is 1. The Kier molecular flexibility index (Phi) is 5.50. The maximum atomic E-state index is 12.9. The van der Waals surface area contributed by atoms with E-state index in [1.807, 2.05) is 31.2 Å². The Balaban J connectivity index is 1.65. The number of aromatic nitrogens is 2. The second kappa shape index (κ2) is 8.23. The van der Waals surface area contributed by atoms with Crippen LogP contribution in [-0.4, -0.2) is 28.1 Å². The van der Waals surface area contributed by atoms with Gasteiger partial charge in [0.1, 0.15) is 5.82 Å². The first-order chi connectivity index (χ1) is 14.4. The van der Waals surface area contributed by atoms with Crippen LogP contribution in [0.15, 0.2) is 52.4 Å². The van der Waals surface area contributed by atoms with E-state index >= 15 is 0 Å². The number of H-pyrrole nitrogens is 1. The van der Waals surface area contributed by atoms with Crippen LogP contribution in [0.2, 0.25) is 0 Å². The van der Waals surface area contributed by atoms with Crippen molar-refractivity contribution in [1.82, 2.24) is 9.97 Å². The highest BCUT2D eigenvalue weighted by Gasteiger charge is 2.31. The molecule has 2 aromatic carbocycles. The number of aryl methyl sites for hydroxylation is 1. The first-order valence-electron chi connectivity index (χ1n) is 9.44. The lowest BCUT2D eigenvalue weighted by Gasteiger charge is -2.24. The minimum absolute atomic E-state index is 0.0443. The molecule has 0 fully saturated rings. The van der Waals surface area contributed by atoms with E-state index in [4.69, 9.17) is 4.74 Å². The molecule has 8 heteroatoms. The number of hydrogen-bond donors (Lipinski definition) is 3. The summed E-state index contributed by atoms with van der Waals surface area (Å²) in [5.74, 6) is 0.465. The first kappa shape index (κ1) is 20.0. The standard InChI is InChI=1S/C22H21N3O4S/c1-12-3-5-13(6-4-12)11-30-22-24-20-19(21(28)25-22)15(10-18(27)23-20)14-7-8-17(29-2)16(26)9-14/h3-9,15,26H,10-11H2,1-2H3,(H2,23,24,25,27,28)/t15-/m1/s1. The van der Waals surface area contributed by atoms with Gasteiger partial charge in [-0.15, -0.1) is 0 Å². The molecule has 0 saturated carbocycles. The Hall–Kier alpha value is -3.26. The van der Waals surface area contributed by atoms with Crippen molar-refractivity contribution >= 4 is 23.5 Å². The van der Waals surface area contributed by atoms with Gasteiger partial charge >= 0.3 is 0 Å². The van der Waals surface area contributed by atoms with Crippen molar-refractivity contribution in [2.24, 2.45) is 0 Å². The Morgan fingerprint density at radius 3 is 2.67 bits per heavy atom. The molecule has 0 unspecified atom stereocenters. The average Bonchev–Trinajstić information content (AvgIpc) is 2.72. The molecule has 0 saturated heterocycles. The fraction of sp³-hybridized carbons (Fsp3) is 0.227. The number of carbonyl (C=O) groups is 1. The molecule has 0 radical (unpaired) electrons. The van der Waals surface area contributed by atoms with Gasteiger partial charge in [0.15, 0.2) is 16.7 Å². The molecule has 3 N–H and O–H groups in total. The third kappa shape index (κ3) is 4.04. The van der Waals surface area contributed by atoms with Crippen molar-refractivity contribution < 1.29 is 14.6 Å². The van der Waals surface area contributed by atoms with E-state index in [-0.39, 0.29) is 29.5 Å². The average molecular weight is 423 g/mol. The summed E-state index contributed by atoms with van der Waals surface area (Å²) in [7, 11) is 1.46. The van der Waals surface area contributed by atoms with E-state index in [1.54, 1.807) is 12.1 Å². The third-order valence-electron chi connectivity index (χ3n) is 5.03. The van der Waals surface area contributed by atoms with E-state index in [0.717, 1.165) is 5.56 Å². The molecule has 7 nitrogen and oxygen atoms in total. The van der Waals surface area contributed by atoms with Gasteiger partial charge in [-0.3, -0.25) is 9.59 Å². The lowest BCUT2D eigenvalue weighted by atomic mass is 9.86. The van der Waals surface area contributed by atoms with Gasteiger partial charge in [-0.2, -0.15) is 0 Å². The SMILES string of the molecule is COc1ccc([C@H]2CC(=O)Nc3nc(SCc4ccc(C)cc4)[nH]c(=O)c32)cc1O. The third-order valence-corrected chi connectivity index (χ3v) is 5.98. The highest BCUT2D eigenvalue weighted by Crippen LogP contribution is 2.38. The zero-order chi connectivity index (χ0) is 21.3. The largest absolute Gasteiger partial charge is 0.504 e. The zero-order valence-electron chi connectivity index (χ0n) is 16.6. The Labute approximate surface area is 177 Å². The first-order valence-corrected chi connectivity index (χ1v) is 10.4. The molecule has 154 valence electrons. The normalized spacial score (nSPS) is 15.4. The molecular formula is C22H21N3O4S. The summed E-state index contributed by atoms with van der Waals surface area (Å²) in [5.41, 5.74) is 3.03. The predicted octanol–water partition coefficient (Wildman–Crippen LogP) is 3.56. The Morgan fingerprint density at radius 1 is 1.20 bits per heavy atom. The number of anilines is 1. The van der Waals surface area contributed by atoms with Crippen LogP contribution < -0.4 is 15.6 Å². The number of nitrogens with zero attached hydrogens (tertiary/aromatic N) is 1. The molecule has 1 aliphatic rings. The van der Waals surface area contributed by atoms with Crippen LogP contribution in [0.3, 0.4) is 0 Å². The summed E-state index contributed by atoms with van der Waals surface area (Å²) >= 11 is 1.40. The monoisotopic (exact) mass is 423 g/mol. The van der Waals surface area contributed by atoms with Crippen LogP contribution in [0.1, 0.15) is 34.6 Å². The van der Waals surface area contributed by atoms with Crippen molar-refractivity contribution in [3.05, 3.63) is 75.1 Å². The second-order valence-corrected chi connectivity index (χ2v) is 8.11. The highest BCUT2D eigenvalue weighted by atomic mass is 32.2. The van der Waals surface area contributed by atoms with Gasteiger partial charge in [-0.1, -0.05) is 47.7 Å². The molecule has 0 bridgehead atoms. The molecule has 4 rings (SSSR count). The van der Waals surface area contributed by atoms with Crippen LogP contribution in [-0.2, 0) is 10.5 Å². The number of methoxy groups -OCH3 is 1. The fourth-order valence-corrected chi connectivity index (χ4v) is 4.28. The maximum Gasteiger partial charge on any atom is 0.257 e. The van der Waals surface area contributed by atoms with E-state index in [9.17, 15) is 14.7 Å². The lowest BCUT2D eigenvalue weighted by molar-refractivity contribution is -0.116. The molecular weight excluding hydrogens is 402 g/mol. The summed E-state index contributed by atoms with van der Waals surface area (Å²) in [6, 6.07) is 13.0. The van der Waals surface area contributed by atoms with E-state index in [0.29, 0.717) is 27.8 Å². The van der Waals surface area contributed by atoms with Gasteiger partial charge in [0.05, 0.1) is 12.7 Å². The summed E-state index contributed by atoms with van der Waals surface area (Å²) in [6.45, 7) is 2.03. The number of hydrogen-bond acceptors (Lipinski definition) is 6. The minimum atomic E-state index is -0.502. The minimum Gasteiger partial charge on any atom is -0.504 e. The quantitative estimate of drug-likeness (QED) is 0.428. The molecule has 1 aliphatic heterocycles. The molecule has 3 aromatic rings. The second-order valence-electron chi connectivity index (χ2n) is 7.14. The molecule has 2 heterocycles. The van der Waals surface area contributed by atoms with Crippen molar-refractivity contribution in [2.45, 2.75) is 30.2 Å². The Morgan fingerprint density at radius 2 is 1.97 bits per heavy atom. The van der Waals surface area contributed by atoms with Crippen molar-refractivity contribution in [3.63, 3.8) is 0 Å². The van der Waals surface area contributed by atoms with Crippen LogP contribution in [0.5, 0.6) is 11.5 Å². The number of aromatic hydroxyl groups is 1. The smallest absolute Gasteiger partial charge is 0.257 e. The number of thioether (sulfide) groups is 1. The number of rotatable bonds is 5. The molecule has 1 aromatic heterocycles. The molecule has 1 atom stereocenters. The molecule has 1 amide bonds. The number of benzene rings is 2. The van der Waals surface area contributed by atoms with Crippen LogP contribution in [0.25, 0.3) is 0 Å². The van der Waals surface area contributed by atoms with Gasteiger partial charge in [0.2, 0.25) is 5.91 Å². The van der Waals surface area contributed by atoms with E-state index < -0.39 is 5.92 Å². The summed E-state index contributed by atoms with van der Waals surface area (Å²) in [6.07, 6.45) is 0.0966. The summed E-state index contributed by atoms with van der Waals surface area (Å²) in [4.78, 5) is 32.5. The number of phenolic OH excluding ortho intramolecular Hbond substituents is 1. The van der Waals surface area contributed by atoms with Gasteiger partial charge in [-0.05, 0) is 30.2 Å². The van der Waals surface area contributed by atoms with Gasteiger partial charge < -0.3 is 20.1 Å². The number of nitrogens with one attached hydrogen (secondary N) is 2. The predicted molar refractivity (Wildman–Crippen MR) is 115 cm³/mol. The van der Waals surface area contributed by atoms with Crippen molar-refractivity contribution in [3.8, 4) is 11.5 Å². The molecule has 30 heavy (non-hydrogen) atoms. The van der Waals surface area contributed by atoms with E-state index in [1.165, 1.54) is 30.5 Å². The van der Waals surface area contributed by atoms with Gasteiger partial charge in [-0.25, -0.2) is 4.98 Å². The number of carbonyl (C=O) groups excluding carboxylic acids is 1.